The van der Waals surface area contributed by atoms with Gasteiger partial charge < -0.3 is 14.7 Å². The number of nitrogens with one attached hydrogen (secondary N) is 2. The van der Waals surface area contributed by atoms with Gasteiger partial charge in [-0.05, 0) is 24.3 Å². The van der Waals surface area contributed by atoms with Gasteiger partial charge >= 0.3 is 0 Å². The molecular formula is C21H13N3O4. The summed E-state index contributed by atoms with van der Waals surface area (Å²) >= 11 is 0. The average molecular weight is 371 g/mol. The van der Waals surface area contributed by atoms with E-state index in [4.69, 9.17) is 4.42 Å². The van der Waals surface area contributed by atoms with Crippen LogP contribution in [0.5, 0.6) is 0 Å². The number of hydrogen-bond acceptors (Lipinski definition) is 4. The van der Waals surface area contributed by atoms with Gasteiger partial charge in [0.15, 0.2) is 0 Å². The van der Waals surface area contributed by atoms with Crippen LogP contribution in [0.3, 0.4) is 0 Å². The summed E-state index contributed by atoms with van der Waals surface area (Å²) in [4.78, 5) is 26.3. The first-order chi connectivity index (χ1) is 13.6. The Morgan fingerprint density at radius 1 is 0.964 bits per heavy atom. The van der Waals surface area contributed by atoms with Crippen molar-refractivity contribution in [3.63, 3.8) is 0 Å². The highest BCUT2D eigenvalue weighted by atomic mass is 16.6. The van der Waals surface area contributed by atoms with Gasteiger partial charge in [0.2, 0.25) is 0 Å². The highest BCUT2D eigenvalue weighted by Crippen LogP contribution is 2.31. The molecule has 0 aliphatic carbocycles. The van der Waals surface area contributed by atoms with Gasteiger partial charge in [0.1, 0.15) is 11.2 Å². The second kappa shape index (κ2) is 5.95. The summed E-state index contributed by atoms with van der Waals surface area (Å²) < 4.78 is 5.85. The molecule has 2 aromatic heterocycles. The molecule has 2 heterocycles. The van der Waals surface area contributed by atoms with Gasteiger partial charge in [-0.1, -0.05) is 18.2 Å². The van der Waals surface area contributed by atoms with Crippen LogP contribution in [0.15, 0.2) is 71.3 Å². The van der Waals surface area contributed by atoms with Crippen LogP contribution in [0.2, 0.25) is 0 Å². The highest BCUT2D eigenvalue weighted by Gasteiger charge is 2.16. The maximum atomic E-state index is 12.7. The molecule has 0 radical (unpaired) electrons. The van der Waals surface area contributed by atoms with Crippen molar-refractivity contribution in [3.8, 4) is 0 Å². The number of nitro groups is 1. The van der Waals surface area contributed by atoms with E-state index in [0.717, 1.165) is 16.4 Å². The van der Waals surface area contributed by atoms with E-state index in [1.165, 1.54) is 12.1 Å². The summed E-state index contributed by atoms with van der Waals surface area (Å²) in [6.45, 7) is 0. The number of carbonyl (C=O) groups is 1. The molecule has 7 nitrogen and oxygen atoms in total. The predicted octanol–water partition coefficient (Wildman–Crippen LogP) is 5.23. The molecule has 0 saturated heterocycles. The number of benzene rings is 3. The van der Waals surface area contributed by atoms with Crippen LogP contribution in [0.4, 0.5) is 11.4 Å². The number of nitrogens with zero attached hydrogens (tertiary/aromatic N) is 1. The summed E-state index contributed by atoms with van der Waals surface area (Å²) in [6.07, 6.45) is 1.55. The molecule has 0 bridgehead atoms. The summed E-state index contributed by atoms with van der Waals surface area (Å²) in [6, 6.07) is 17.6. The van der Waals surface area contributed by atoms with E-state index in [1.807, 2.05) is 30.3 Å². The van der Waals surface area contributed by atoms with Gasteiger partial charge in [0.25, 0.3) is 11.6 Å². The standard InChI is InChI=1S/C21H13N3O4/c25-21(17-11-22-18-8-6-13(24(26)27)10-16(17)18)23-12-5-7-15-14-3-1-2-4-19(14)28-20(15)9-12/h1-11,22H,(H,23,25). The van der Waals surface area contributed by atoms with E-state index in [2.05, 4.69) is 10.3 Å². The Balaban J connectivity index is 1.51. The summed E-state index contributed by atoms with van der Waals surface area (Å²) in [7, 11) is 0. The zero-order valence-corrected chi connectivity index (χ0v) is 14.4. The van der Waals surface area contributed by atoms with Crippen LogP contribution in [-0.4, -0.2) is 15.8 Å². The molecule has 28 heavy (non-hydrogen) atoms. The van der Waals surface area contributed by atoms with Crippen molar-refractivity contribution in [2.45, 2.75) is 0 Å². The molecule has 0 aliphatic heterocycles. The number of carbonyl (C=O) groups excluding carboxylic acids is 1. The Morgan fingerprint density at radius 2 is 1.79 bits per heavy atom. The number of aromatic nitrogens is 1. The number of rotatable bonds is 3. The summed E-state index contributed by atoms with van der Waals surface area (Å²) in [5.41, 5.74) is 2.96. The number of furan rings is 1. The molecule has 3 aromatic carbocycles. The fourth-order valence-electron chi connectivity index (χ4n) is 3.41. The van der Waals surface area contributed by atoms with Crippen molar-refractivity contribution in [1.82, 2.24) is 4.98 Å². The molecule has 5 aromatic rings. The molecule has 0 saturated carbocycles. The third-order valence-electron chi connectivity index (χ3n) is 4.76. The molecule has 2 N–H and O–H groups in total. The lowest BCUT2D eigenvalue weighted by Gasteiger charge is -2.04. The summed E-state index contributed by atoms with van der Waals surface area (Å²) in [5.74, 6) is -0.359. The minimum Gasteiger partial charge on any atom is -0.456 e. The van der Waals surface area contributed by atoms with Crippen LogP contribution >= 0.6 is 0 Å². The Kier molecular flexibility index (Phi) is 3.42. The van der Waals surface area contributed by atoms with Crippen molar-refractivity contribution in [1.29, 1.82) is 0 Å². The molecule has 5 rings (SSSR count). The van der Waals surface area contributed by atoms with Crippen molar-refractivity contribution < 1.29 is 14.1 Å². The van der Waals surface area contributed by atoms with Gasteiger partial charge in [0, 0.05) is 51.8 Å². The molecule has 0 aliphatic rings. The lowest BCUT2D eigenvalue weighted by molar-refractivity contribution is -0.384. The third kappa shape index (κ3) is 2.49. The summed E-state index contributed by atoms with van der Waals surface area (Å²) in [5, 5.41) is 16.3. The second-order valence-electron chi connectivity index (χ2n) is 6.45. The molecule has 0 atom stereocenters. The number of anilines is 1. The molecular weight excluding hydrogens is 358 g/mol. The number of aromatic amines is 1. The van der Waals surface area contributed by atoms with Crippen molar-refractivity contribution >= 4 is 50.1 Å². The molecule has 7 heteroatoms. The van der Waals surface area contributed by atoms with Crippen LogP contribution < -0.4 is 5.32 Å². The molecule has 0 fully saturated rings. The second-order valence-corrected chi connectivity index (χ2v) is 6.45. The van der Waals surface area contributed by atoms with Crippen molar-refractivity contribution in [3.05, 3.63) is 82.5 Å². The van der Waals surface area contributed by atoms with Gasteiger partial charge in [-0.15, -0.1) is 0 Å². The number of para-hydroxylation sites is 1. The van der Waals surface area contributed by atoms with E-state index in [9.17, 15) is 14.9 Å². The topological polar surface area (TPSA) is 101 Å². The van der Waals surface area contributed by atoms with Gasteiger partial charge in [0.05, 0.1) is 10.5 Å². The largest absolute Gasteiger partial charge is 0.456 e. The molecule has 0 spiro atoms. The van der Waals surface area contributed by atoms with Crippen LogP contribution in [0.1, 0.15) is 10.4 Å². The minimum absolute atomic E-state index is 0.0650. The van der Waals surface area contributed by atoms with E-state index in [-0.39, 0.29) is 11.6 Å². The smallest absolute Gasteiger partial charge is 0.270 e. The lowest BCUT2D eigenvalue weighted by Crippen LogP contribution is -2.11. The number of fused-ring (bicyclic) bond motifs is 4. The predicted molar refractivity (Wildman–Crippen MR) is 107 cm³/mol. The first-order valence-corrected chi connectivity index (χ1v) is 8.58. The van der Waals surface area contributed by atoms with E-state index in [1.54, 1.807) is 24.4 Å². The highest BCUT2D eigenvalue weighted by molar-refractivity contribution is 6.14. The number of hydrogen-bond donors (Lipinski definition) is 2. The van der Waals surface area contributed by atoms with Crippen molar-refractivity contribution in [2.75, 3.05) is 5.32 Å². The van der Waals surface area contributed by atoms with Crippen molar-refractivity contribution in [2.24, 2.45) is 0 Å². The quantitative estimate of drug-likeness (QED) is 0.335. The van der Waals surface area contributed by atoms with E-state index < -0.39 is 4.92 Å². The first kappa shape index (κ1) is 16.1. The fraction of sp³-hybridized carbons (Fsp3) is 0. The Hall–Kier alpha value is -4.13. The van der Waals surface area contributed by atoms with Gasteiger partial charge in [-0.25, -0.2) is 0 Å². The van der Waals surface area contributed by atoms with Crippen LogP contribution in [0, 0.1) is 10.1 Å². The Bertz CT molecular complexity index is 1400. The van der Waals surface area contributed by atoms with Gasteiger partial charge in [-0.3, -0.25) is 14.9 Å². The molecule has 0 unspecified atom stereocenters. The fourth-order valence-corrected chi connectivity index (χ4v) is 3.41. The molecule has 136 valence electrons. The molecule has 1 amide bonds. The number of amides is 1. The number of non-ortho nitro benzene ring substituents is 1. The zero-order valence-electron chi connectivity index (χ0n) is 14.4. The van der Waals surface area contributed by atoms with E-state index in [0.29, 0.717) is 27.7 Å². The third-order valence-corrected chi connectivity index (χ3v) is 4.76. The minimum atomic E-state index is -0.483. The number of nitro benzene ring substituents is 1. The Morgan fingerprint density at radius 3 is 2.64 bits per heavy atom. The van der Waals surface area contributed by atoms with Gasteiger partial charge in [-0.2, -0.15) is 0 Å². The normalized spacial score (nSPS) is 11.3. The maximum absolute atomic E-state index is 12.7. The monoisotopic (exact) mass is 371 g/mol. The van der Waals surface area contributed by atoms with Crippen LogP contribution in [0.25, 0.3) is 32.8 Å². The van der Waals surface area contributed by atoms with Crippen LogP contribution in [-0.2, 0) is 0 Å². The Labute approximate surface area is 157 Å². The number of H-pyrrole nitrogens is 1. The SMILES string of the molecule is O=C(Nc1ccc2c(c1)oc1ccccc12)c1c[nH]c2ccc([N+](=O)[O-])cc12. The lowest BCUT2D eigenvalue weighted by atomic mass is 10.1. The van der Waals surface area contributed by atoms with E-state index >= 15 is 0 Å². The first-order valence-electron chi connectivity index (χ1n) is 8.58. The average Bonchev–Trinajstić information content (AvgIpc) is 3.28. The zero-order chi connectivity index (χ0) is 19.3. The maximum Gasteiger partial charge on any atom is 0.270 e.